The summed E-state index contributed by atoms with van der Waals surface area (Å²) in [6.07, 6.45) is 0. The number of thiazole rings is 1. The largest absolute Gasteiger partial charge is 0.396 e. The average Bonchev–Trinajstić information content (AvgIpc) is 3.30. The van der Waals surface area contributed by atoms with Gasteiger partial charge in [-0.25, -0.2) is 4.98 Å². The number of H-pyrrole nitrogens is 1. The van der Waals surface area contributed by atoms with Gasteiger partial charge in [0.05, 0.1) is 31.7 Å². The van der Waals surface area contributed by atoms with Crippen molar-refractivity contribution in [2.24, 2.45) is 0 Å². The lowest BCUT2D eigenvalue weighted by molar-refractivity contribution is 1.35. The molecule has 8 heteroatoms. The third kappa shape index (κ3) is 2.96. The number of pyridine rings is 1. The molecule has 0 amide bonds. The van der Waals surface area contributed by atoms with Crippen molar-refractivity contribution in [3.8, 4) is 16.6 Å². The van der Waals surface area contributed by atoms with Crippen LogP contribution in [0.2, 0.25) is 0 Å². The SMILES string of the molecule is N#Cc1c(N)c2sc(Nc3ccccc3)c(-c3nc4ccccc4s3)c2[nH]c1=S. The second kappa shape index (κ2) is 6.97. The number of nitrogen functional groups attached to an aromatic ring is 1. The molecule has 0 fully saturated rings. The van der Waals surface area contributed by atoms with Gasteiger partial charge in [-0.05, 0) is 24.3 Å². The van der Waals surface area contributed by atoms with Gasteiger partial charge in [-0.3, -0.25) is 0 Å². The molecule has 0 bridgehead atoms. The Morgan fingerprint density at radius 3 is 2.59 bits per heavy atom. The van der Waals surface area contributed by atoms with Crippen LogP contribution in [0.5, 0.6) is 0 Å². The zero-order valence-electron chi connectivity index (χ0n) is 14.9. The monoisotopic (exact) mass is 431 g/mol. The number of thiophene rings is 1. The van der Waals surface area contributed by atoms with Gasteiger partial charge in [0.15, 0.2) is 0 Å². The van der Waals surface area contributed by atoms with Crippen molar-refractivity contribution in [3.05, 3.63) is 64.8 Å². The number of hydrogen-bond acceptors (Lipinski definition) is 7. The van der Waals surface area contributed by atoms with E-state index in [9.17, 15) is 5.26 Å². The van der Waals surface area contributed by atoms with Gasteiger partial charge in [0.25, 0.3) is 0 Å². The van der Waals surface area contributed by atoms with E-state index >= 15 is 0 Å². The molecular formula is C21H13N5S3. The Hall–Kier alpha value is -3.25. The number of nitriles is 1. The second-order valence-corrected chi connectivity index (χ2v) is 8.80. The molecule has 0 saturated carbocycles. The Bertz CT molecular complexity index is 1440. The summed E-state index contributed by atoms with van der Waals surface area (Å²) in [5.74, 6) is 0. The highest BCUT2D eigenvalue weighted by molar-refractivity contribution is 7.71. The van der Waals surface area contributed by atoms with Gasteiger partial charge >= 0.3 is 0 Å². The minimum atomic E-state index is 0.302. The Kier molecular flexibility index (Phi) is 4.28. The van der Waals surface area contributed by atoms with Crippen LogP contribution in [0.25, 0.3) is 31.0 Å². The lowest BCUT2D eigenvalue weighted by Gasteiger charge is -2.06. The van der Waals surface area contributed by atoms with Crippen LogP contribution in [0, 0.1) is 16.0 Å². The molecule has 5 nitrogen and oxygen atoms in total. The highest BCUT2D eigenvalue weighted by atomic mass is 32.1. The molecule has 3 aromatic heterocycles. The molecule has 0 atom stereocenters. The summed E-state index contributed by atoms with van der Waals surface area (Å²) < 4.78 is 2.24. The van der Waals surface area contributed by atoms with Crippen molar-refractivity contribution in [1.29, 1.82) is 5.26 Å². The molecule has 4 N–H and O–H groups in total. The number of nitrogens with two attached hydrogens (primary N) is 1. The number of aromatic amines is 1. The standard InChI is InChI=1S/C21H13N5S3/c22-10-12-16(23)18-17(26-19(12)27)15(20(29-18)24-11-6-2-1-3-7-11)21-25-13-8-4-5-9-14(13)28-21/h1-9,24H,(H3,23,26,27). The summed E-state index contributed by atoms with van der Waals surface area (Å²) in [5.41, 5.74) is 10.6. The van der Waals surface area contributed by atoms with Crippen molar-refractivity contribution in [2.75, 3.05) is 11.1 Å². The molecule has 140 valence electrons. The van der Waals surface area contributed by atoms with Crippen LogP contribution in [0.3, 0.4) is 0 Å². The summed E-state index contributed by atoms with van der Waals surface area (Å²) >= 11 is 8.49. The summed E-state index contributed by atoms with van der Waals surface area (Å²) in [6, 6.07) is 20.1. The third-order valence-electron chi connectivity index (χ3n) is 4.54. The predicted molar refractivity (Wildman–Crippen MR) is 124 cm³/mol. The first-order chi connectivity index (χ1) is 14.2. The van der Waals surface area contributed by atoms with Gasteiger partial charge in [0.2, 0.25) is 0 Å². The Balaban J connectivity index is 1.82. The van der Waals surface area contributed by atoms with E-state index in [-0.39, 0.29) is 0 Å². The van der Waals surface area contributed by atoms with Crippen LogP contribution >= 0.6 is 34.9 Å². The Morgan fingerprint density at radius 1 is 1.07 bits per heavy atom. The second-order valence-electron chi connectivity index (χ2n) is 6.34. The first-order valence-electron chi connectivity index (χ1n) is 8.72. The minimum absolute atomic E-state index is 0.302. The summed E-state index contributed by atoms with van der Waals surface area (Å²) in [7, 11) is 0. The van der Waals surface area contributed by atoms with Crippen LogP contribution in [-0.2, 0) is 0 Å². The zero-order chi connectivity index (χ0) is 20.0. The molecule has 0 aliphatic heterocycles. The number of aromatic nitrogens is 2. The van der Waals surface area contributed by atoms with Crippen molar-refractivity contribution in [2.45, 2.75) is 0 Å². The van der Waals surface area contributed by atoms with Gasteiger partial charge in [-0.15, -0.1) is 22.7 Å². The zero-order valence-corrected chi connectivity index (χ0v) is 17.3. The minimum Gasteiger partial charge on any atom is -0.396 e. The van der Waals surface area contributed by atoms with Crippen LogP contribution in [-0.4, -0.2) is 9.97 Å². The van der Waals surface area contributed by atoms with E-state index in [0.717, 1.165) is 41.7 Å². The normalized spacial score (nSPS) is 11.0. The van der Waals surface area contributed by atoms with E-state index < -0.39 is 0 Å². The molecule has 0 unspecified atom stereocenters. The molecule has 2 aromatic carbocycles. The molecular weight excluding hydrogens is 418 g/mol. The number of para-hydroxylation sites is 2. The maximum absolute atomic E-state index is 9.44. The summed E-state index contributed by atoms with van der Waals surface area (Å²) in [4.78, 5) is 8.05. The number of benzene rings is 2. The van der Waals surface area contributed by atoms with Crippen molar-refractivity contribution < 1.29 is 0 Å². The molecule has 29 heavy (non-hydrogen) atoms. The first-order valence-corrected chi connectivity index (χ1v) is 10.8. The lowest BCUT2D eigenvalue weighted by Crippen LogP contribution is -1.94. The van der Waals surface area contributed by atoms with E-state index in [0.29, 0.717) is 15.9 Å². The molecule has 0 aliphatic rings. The predicted octanol–water partition coefficient (Wildman–Crippen LogP) is 6.43. The number of nitrogens with zero attached hydrogens (tertiary/aromatic N) is 2. The van der Waals surface area contributed by atoms with Crippen molar-refractivity contribution in [3.63, 3.8) is 0 Å². The van der Waals surface area contributed by atoms with Crippen LogP contribution in [0.15, 0.2) is 54.6 Å². The van der Waals surface area contributed by atoms with E-state index in [1.54, 1.807) is 11.3 Å². The average molecular weight is 432 g/mol. The fourth-order valence-corrected chi connectivity index (χ4v) is 5.67. The molecule has 0 saturated heterocycles. The smallest absolute Gasteiger partial charge is 0.129 e. The molecule has 0 aliphatic carbocycles. The van der Waals surface area contributed by atoms with E-state index in [4.69, 9.17) is 22.9 Å². The first kappa shape index (κ1) is 17.8. The number of nitrogens with one attached hydrogen (secondary N) is 2. The maximum Gasteiger partial charge on any atom is 0.129 e. The van der Waals surface area contributed by atoms with Crippen molar-refractivity contribution in [1.82, 2.24) is 9.97 Å². The maximum atomic E-state index is 9.44. The highest BCUT2D eigenvalue weighted by Crippen LogP contribution is 2.47. The fourth-order valence-electron chi connectivity index (χ4n) is 3.19. The number of fused-ring (bicyclic) bond motifs is 2. The lowest BCUT2D eigenvalue weighted by atomic mass is 10.2. The van der Waals surface area contributed by atoms with Gasteiger partial charge in [-0.2, -0.15) is 5.26 Å². The molecule has 5 rings (SSSR count). The fraction of sp³-hybridized carbons (Fsp3) is 0. The summed E-state index contributed by atoms with van der Waals surface area (Å²) in [5, 5.41) is 14.7. The van der Waals surface area contributed by atoms with Crippen LogP contribution < -0.4 is 11.1 Å². The summed E-state index contributed by atoms with van der Waals surface area (Å²) in [6.45, 7) is 0. The molecule has 5 aromatic rings. The molecule has 3 heterocycles. The van der Waals surface area contributed by atoms with E-state index in [1.165, 1.54) is 11.3 Å². The molecule has 0 spiro atoms. The van der Waals surface area contributed by atoms with Crippen LogP contribution in [0.4, 0.5) is 16.4 Å². The van der Waals surface area contributed by atoms with Gasteiger partial charge < -0.3 is 16.0 Å². The molecule has 0 radical (unpaired) electrons. The van der Waals surface area contributed by atoms with Crippen molar-refractivity contribution >= 4 is 71.7 Å². The van der Waals surface area contributed by atoms with Gasteiger partial charge in [0, 0.05) is 5.69 Å². The number of anilines is 3. The number of hydrogen-bond donors (Lipinski definition) is 3. The third-order valence-corrected chi connectivity index (χ3v) is 7.04. The topological polar surface area (TPSA) is 90.5 Å². The van der Waals surface area contributed by atoms with Crippen LogP contribution in [0.1, 0.15) is 5.56 Å². The van der Waals surface area contributed by atoms with Gasteiger partial charge in [0.1, 0.15) is 26.3 Å². The number of rotatable bonds is 3. The Morgan fingerprint density at radius 2 is 1.83 bits per heavy atom. The van der Waals surface area contributed by atoms with Gasteiger partial charge in [-0.1, -0.05) is 42.5 Å². The van der Waals surface area contributed by atoms with E-state index in [2.05, 4.69) is 22.4 Å². The Labute approximate surface area is 179 Å². The quantitative estimate of drug-likeness (QED) is 0.286. The van der Waals surface area contributed by atoms with E-state index in [1.807, 2.05) is 48.5 Å². The highest BCUT2D eigenvalue weighted by Gasteiger charge is 2.22.